The molecular formula is C31H35N5O12. The van der Waals surface area contributed by atoms with Gasteiger partial charge in [0.05, 0.1) is 51.6 Å². The van der Waals surface area contributed by atoms with Gasteiger partial charge in [0.1, 0.15) is 17.9 Å². The molecule has 1 amide bonds. The van der Waals surface area contributed by atoms with Crippen LogP contribution in [-0.2, 0) is 30.3 Å². The molecule has 2 saturated heterocycles. The quantitative estimate of drug-likeness (QED) is 0.187. The fourth-order valence-corrected chi connectivity index (χ4v) is 7.09. The lowest BCUT2D eigenvalue weighted by atomic mass is 9.65. The SMILES string of the molecule is COc1cc([C@@H]2c3cc4c(cc3[C@@H](n3cc(CNC(=O)[C@@H]5O[C@H](OC)[C@H](N)[C@@H](O)[C@@H]5O)nn3)[C@H]3COC(=O)[C@H]23)OCO4)cc(OC)c1O. The highest BCUT2D eigenvalue weighted by Gasteiger charge is 2.54. The summed E-state index contributed by atoms with van der Waals surface area (Å²) >= 11 is 0. The van der Waals surface area contributed by atoms with E-state index in [1.54, 1.807) is 23.0 Å². The Balaban J connectivity index is 1.22. The van der Waals surface area contributed by atoms with E-state index in [-0.39, 0.29) is 37.2 Å². The van der Waals surface area contributed by atoms with Crippen molar-refractivity contribution >= 4 is 11.9 Å². The van der Waals surface area contributed by atoms with Crippen molar-refractivity contribution in [2.24, 2.45) is 17.6 Å². The number of nitrogens with two attached hydrogens (primary N) is 1. The average molecular weight is 670 g/mol. The fraction of sp³-hybridized carbons (Fsp3) is 0.484. The number of carbonyl (C=O) groups excluding carboxylic acids is 2. The van der Waals surface area contributed by atoms with Crippen molar-refractivity contribution in [3.8, 4) is 28.7 Å². The number of cyclic esters (lactones) is 1. The first-order valence-electron chi connectivity index (χ1n) is 15.2. The maximum absolute atomic E-state index is 13.5. The number of nitrogens with one attached hydrogen (secondary N) is 1. The number of aliphatic hydroxyl groups excluding tert-OH is 2. The first kappa shape index (κ1) is 31.9. The smallest absolute Gasteiger partial charge is 0.310 e. The Morgan fingerprint density at radius 1 is 1.04 bits per heavy atom. The van der Waals surface area contributed by atoms with Crippen molar-refractivity contribution in [1.29, 1.82) is 0 Å². The molecule has 0 spiro atoms. The van der Waals surface area contributed by atoms with Gasteiger partial charge in [-0.05, 0) is 41.0 Å². The summed E-state index contributed by atoms with van der Waals surface area (Å²) in [4.78, 5) is 26.5. The summed E-state index contributed by atoms with van der Waals surface area (Å²) in [5, 5.41) is 42.6. The summed E-state index contributed by atoms with van der Waals surface area (Å²) in [6, 6.07) is 5.46. The number of nitrogens with zero attached hydrogens (tertiary/aromatic N) is 3. The Kier molecular flexibility index (Phi) is 8.24. The van der Waals surface area contributed by atoms with Crippen LogP contribution in [0.2, 0.25) is 0 Å². The molecule has 0 bridgehead atoms. The molecule has 48 heavy (non-hydrogen) atoms. The lowest BCUT2D eigenvalue weighted by Gasteiger charge is -2.39. The molecule has 256 valence electrons. The number of fused-ring (bicyclic) bond motifs is 3. The molecule has 0 radical (unpaired) electrons. The number of aliphatic hydroxyl groups is 2. The number of aromatic nitrogens is 3. The highest BCUT2D eigenvalue weighted by atomic mass is 16.7. The first-order chi connectivity index (χ1) is 23.1. The van der Waals surface area contributed by atoms with E-state index in [0.29, 0.717) is 22.8 Å². The molecular weight excluding hydrogens is 634 g/mol. The van der Waals surface area contributed by atoms with Gasteiger partial charge in [0, 0.05) is 18.9 Å². The maximum atomic E-state index is 13.5. The van der Waals surface area contributed by atoms with Crippen LogP contribution in [0.3, 0.4) is 0 Å². The second kappa shape index (κ2) is 12.4. The molecule has 2 aromatic carbocycles. The average Bonchev–Trinajstić information content (AvgIpc) is 3.85. The van der Waals surface area contributed by atoms with Gasteiger partial charge >= 0.3 is 5.97 Å². The largest absolute Gasteiger partial charge is 0.502 e. The van der Waals surface area contributed by atoms with E-state index in [0.717, 1.165) is 11.1 Å². The number of rotatable bonds is 8. The molecule has 1 aliphatic carbocycles. The van der Waals surface area contributed by atoms with Gasteiger partial charge in [-0.3, -0.25) is 9.59 Å². The Morgan fingerprint density at radius 3 is 2.40 bits per heavy atom. The van der Waals surface area contributed by atoms with Crippen molar-refractivity contribution in [1.82, 2.24) is 20.3 Å². The molecule has 17 heteroatoms. The molecule has 9 atom stereocenters. The number of ether oxygens (including phenoxy) is 7. The summed E-state index contributed by atoms with van der Waals surface area (Å²) in [6.07, 6.45) is -3.91. The molecule has 2 fully saturated rings. The number of esters is 1. The van der Waals surface area contributed by atoms with Crippen molar-refractivity contribution in [2.45, 2.75) is 49.1 Å². The number of amides is 1. The van der Waals surface area contributed by atoms with Gasteiger partial charge in [0.15, 0.2) is 35.4 Å². The standard InChI is InChI=1S/C31H35N5O12/c1-42-19-4-12(5-20(43-2)25(19)37)21-14-6-17-18(47-11-46-17)7-15(14)24(16-10-45-30(41)22(16)21)36-9-13(34-35-36)8-33-29(40)28-27(39)26(38)23(32)31(44-3)48-28/h4-7,9,16,21-24,26-28,31,37-39H,8,10-11,32H2,1-3H3,(H,33,40)/t16-,21+,22-,23+,24+,26+,27-,28+,31-/m0/s1. The van der Waals surface area contributed by atoms with Gasteiger partial charge in [-0.2, -0.15) is 0 Å². The molecule has 3 aromatic rings. The zero-order chi connectivity index (χ0) is 33.9. The van der Waals surface area contributed by atoms with Crippen LogP contribution in [0.25, 0.3) is 0 Å². The monoisotopic (exact) mass is 669 g/mol. The van der Waals surface area contributed by atoms with Crippen LogP contribution in [-0.4, -0.2) is 108 Å². The number of hydrogen-bond acceptors (Lipinski definition) is 15. The fourth-order valence-electron chi connectivity index (χ4n) is 7.09. The minimum absolute atomic E-state index is 0.0317. The summed E-state index contributed by atoms with van der Waals surface area (Å²) in [5.41, 5.74) is 8.38. The number of methoxy groups -OCH3 is 3. The highest BCUT2D eigenvalue weighted by molar-refractivity contribution is 5.81. The van der Waals surface area contributed by atoms with Gasteiger partial charge < -0.3 is 59.5 Å². The Labute approximate surface area is 273 Å². The van der Waals surface area contributed by atoms with Crippen LogP contribution in [0.5, 0.6) is 28.7 Å². The lowest BCUT2D eigenvalue weighted by molar-refractivity contribution is -0.247. The maximum Gasteiger partial charge on any atom is 0.310 e. The van der Waals surface area contributed by atoms with Crippen molar-refractivity contribution < 1.29 is 58.1 Å². The second-order valence-electron chi connectivity index (χ2n) is 12.0. The van der Waals surface area contributed by atoms with Crippen LogP contribution < -0.4 is 30.0 Å². The molecule has 17 nitrogen and oxygen atoms in total. The van der Waals surface area contributed by atoms with Gasteiger partial charge in [0.2, 0.25) is 12.5 Å². The van der Waals surface area contributed by atoms with Crippen LogP contribution in [0.4, 0.5) is 0 Å². The van der Waals surface area contributed by atoms with Crippen LogP contribution >= 0.6 is 0 Å². The number of aromatic hydroxyl groups is 1. The van der Waals surface area contributed by atoms with E-state index in [4.69, 9.17) is 38.9 Å². The Hall–Kier alpha value is -4.68. The predicted octanol–water partition coefficient (Wildman–Crippen LogP) is -0.710. The van der Waals surface area contributed by atoms with E-state index < -0.39 is 66.3 Å². The molecule has 0 unspecified atom stereocenters. The Morgan fingerprint density at radius 2 is 1.73 bits per heavy atom. The summed E-state index contributed by atoms with van der Waals surface area (Å²) in [5.74, 6) is -1.51. The van der Waals surface area contributed by atoms with Crippen molar-refractivity contribution in [3.63, 3.8) is 0 Å². The van der Waals surface area contributed by atoms with Crippen molar-refractivity contribution in [3.05, 3.63) is 52.8 Å². The number of phenols is 1. The number of phenolic OH excluding ortho intramolecular Hbond substituents is 1. The molecule has 4 heterocycles. The molecule has 4 aliphatic rings. The third-order valence-electron chi connectivity index (χ3n) is 9.44. The summed E-state index contributed by atoms with van der Waals surface area (Å²) in [7, 11) is 4.17. The normalized spacial score (nSPS) is 30.3. The topological polar surface area (TPSA) is 228 Å². The summed E-state index contributed by atoms with van der Waals surface area (Å²) in [6.45, 7) is 0.0357. The lowest BCUT2D eigenvalue weighted by Crippen LogP contribution is -2.64. The predicted molar refractivity (Wildman–Crippen MR) is 159 cm³/mol. The van der Waals surface area contributed by atoms with E-state index >= 15 is 0 Å². The van der Waals surface area contributed by atoms with E-state index in [1.165, 1.54) is 21.3 Å². The number of hydrogen-bond donors (Lipinski definition) is 5. The molecule has 3 aliphatic heterocycles. The summed E-state index contributed by atoms with van der Waals surface area (Å²) < 4.78 is 40.2. The van der Waals surface area contributed by atoms with E-state index in [2.05, 4.69) is 15.6 Å². The number of carbonyl (C=O) groups is 2. The van der Waals surface area contributed by atoms with Crippen LogP contribution in [0, 0.1) is 11.8 Å². The molecule has 6 N–H and O–H groups in total. The van der Waals surface area contributed by atoms with Crippen LogP contribution in [0.15, 0.2) is 30.5 Å². The van der Waals surface area contributed by atoms with E-state index in [9.17, 15) is 24.9 Å². The molecule has 0 saturated carbocycles. The molecule has 1 aromatic heterocycles. The zero-order valence-corrected chi connectivity index (χ0v) is 26.1. The van der Waals surface area contributed by atoms with Gasteiger partial charge in [-0.25, -0.2) is 4.68 Å². The zero-order valence-electron chi connectivity index (χ0n) is 26.1. The molecule has 7 rings (SSSR count). The second-order valence-corrected chi connectivity index (χ2v) is 12.0. The third kappa shape index (κ3) is 5.14. The third-order valence-corrected chi connectivity index (χ3v) is 9.44. The van der Waals surface area contributed by atoms with Crippen molar-refractivity contribution in [2.75, 3.05) is 34.7 Å². The minimum Gasteiger partial charge on any atom is -0.502 e. The first-order valence-corrected chi connectivity index (χ1v) is 15.2. The van der Waals surface area contributed by atoms with Gasteiger partial charge in [-0.1, -0.05) is 5.21 Å². The number of benzene rings is 2. The highest BCUT2D eigenvalue weighted by Crippen LogP contribution is 2.56. The Bertz CT molecular complexity index is 1710. The minimum atomic E-state index is -1.58. The van der Waals surface area contributed by atoms with Gasteiger partial charge in [-0.15, -0.1) is 5.10 Å². The van der Waals surface area contributed by atoms with Gasteiger partial charge in [0.25, 0.3) is 5.91 Å². The van der Waals surface area contributed by atoms with Crippen LogP contribution in [0.1, 0.15) is 34.3 Å². The van der Waals surface area contributed by atoms with E-state index in [1.807, 2.05) is 12.1 Å².